The number of aliphatic hydroxyl groups excluding tert-OH is 1. The number of rotatable bonds is 7. The van der Waals surface area contributed by atoms with Crippen LogP contribution >= 0.6 is 0 Å². The molecule has 2 N–H and O–H groups in total. The second-order valence-electron chi connectivity index (χ2n) is 17.9. The summed E-state index contributed by atoms with van der Waals surface area (Å²) in [7, 11) is 5.86. The van der Waals surface area contributed by atoms with E-state index in [0.29, 0.717) is 32.2 Å². The maximum atomic E-state index is 14.5. The number of esters is 1. The first kappa shape index (κ1) is 46.0. The number of ketones is 1. The molecule has 4 aliphatic rings. The molecule has 1 aromatic carbocycles. The molecule has 13 atom stereocenters. The highest BCUT2D eigenvalue weighted by molar-refractivity contribution is 6.00. The van der Waals surface area contributed by atoms with Crippen LogP contribution in [0.2, 0.25) is 0 Å². The molecule has 1 aromatic heterocycles. The Morgan fingerprint density at radius 1 is 1.09 bits per heavy atom. The van der Waals surface area contributed by atoms with Gasteiger partial charge in [-0.25, -0.2) is 0 Å². The van der Waals surface area contributed by atoms with Crippen LogP contribution in [0.15, 0.2) is 54.3 Å². The van der Waals surface area contributed by atoms with Crippen molar-refractivity contribution < 1.29 is 43.5 Å². The quantitative estimate of drug-likeness (QED) is 0.198. The largest absolute Gasteiger partial charge is 0.459 e. The van der Waals surface area contributed by atoms with Gasteiger partial charge in [-0.05, 0) is 111 Å². The molecular weight excluding hydrogens is 739 g/mol. The van der Waals surface area contributed by atoms with Gasteiger partial charge in [0.2, 0.25) is 0 Å². The Morgan fingerprint density at radius 3 is 2.52 bits per heavy atom. The van der Waals surface area contributed by atoms with Gasteiger partial charge in [0.15, 0.2) is 12.1 Å². The first-order valence-electron chi connectivity index (χ1n) is 21.1. The van der Waals surface area contributed by atoms with Crippen LogP contribution in [0, 0.1) is 17.8 Å². The fraction of sp³-hybridized carbons (Fsp3) is 0.674. The second kappa shape index (κ2) is 19.5. The normalized spacial score (nSPS) is 38.7. The molecule has 0 aliphatic carbocycles. The summed E-state index contributed by atoms with van der Waals surface area (Å²) in [5.74, 6) is -3.38. The van der Waals surface area contributed by atoms with Crippen LogP contribution in [0.25, 0.3) is 17.0 Å². The van der Waals surface area contributed by atoms with Crippen molar-refractivity contribution in [1.29, 1.82) is 0 Å². The number of aromatic nitrogens is 1. The number of aliphatic hydroxyl groups is 2. The van der Waals surface area contributed by atoms with Crippen molar-refractivity contribution in [3.05, 3.63) is 59.8 Å². The van der Waals surface area contributed by atoms with Crippen molar-refractivity contribution in [3.63, 3.8) is 0 Å². The van der Waals surface area contributed by atoms with E-state index >= 15 is 0 Å². The number of carbonyl (C=O) groups is 2. The van der Waals surface area contributed by atoms with Gasteiger partial charge >= 0.3 is 5.97 Å². The maximum Gasteiger partial charge on any atom is 0.316 e. The van der Waals surface area contributed by atoms with Gasteiger partial charge in [0.1, 0.15) is 23.7 Å². The topological polar surface area (TPSA) is 140 Å². The zero-order valence-electron chi connectivity index (χ0n) is 36.6. The number of Topliss-reactive ketones (excluding diaryl/α,β-unsaturated/α-hetero) is 1. The number of nitrogens with zero attached hydrogens (tertiary/aromatic N) is 3. The fourth-order valence-electron chi connectivity index (χ4n) is 9.16. The third-order valence-corrected chi connectivity index (χ3v) is 12.7. The Balaban J connectivity index is 1.60. The Bertz CT molecular complexity index is 1760. The van der Waals surface area contributed by atoms with E-state index in [-0.39, 0.29) is 37.3 Å². The van der Waals surface area contributed by atoms with Crippen LogP contribution in [-0.2, 0) is 33.3 Å². The zero-order valence-corrected chi connectivity index (χ0v) is 36.6. The number of ether oxygens (including phenoxy) is 5. The highest BCUT2D eigenvalue weighted by Crippen LogP contribution is 2.38. The number of pyridine rings is 1. The van der Waals surface area contributed by atoms with E-state index in [2.05, 4.69) is 35.0 Å². The fourth-order valence-corrected chi connectivity index (χ4v) is 9.16. The SMILES string of the molecule is CC[C@H]1OC(=O)[C@H](C)C(=O)[C@H](C)[C@@H](O[C@@H]2O[C@H](C)C[C@H](N(C)C)[C@H]2O)[C@@]2(C)C[C@@H](C)N(C)C[C@H](C)[C@H](OC/C(=C\C/C=C/c3cnc4ccccc4c3)CO2)[C@]1(C)O. The predicted molar refractivity (Wildman–Crippen MR) is 225 cm³/mol. The van der Waals surface area contributed by atoms with E-state index < -0.39 is 65.5 Å². The van der Waals surface area contributed by atoms with Crippen molar-refractivity contribution in [3.8, 4) is 0 Å². The molecule has 2 aromatic rings. The number of hydrogen-bond donors (Lipinski definition) is 2. The number of para-hydroxylation sites is 1. The summed E-state index contributed by atoms with van der Waals surface area (Å²) in [6.07, 6.45) is 4.99. The van der Waals surface area contributed by atoms with Crippen LogP contribution in [-0.4, -0.2) is 138 Å². The summed E-state index contributed by atoms with van der Waals surface area (Å²) < 4.78 is 33.0. The Morgan fingerprint density at radius 2 is 1.81 bits per heavy atom. The predicted octanol–water partition coefficient (Wildman–Crippen LogP) is 5.82. The van der Waals surface area contributed by atoms with Crippen LogP contribution in [0.5, 0.6) is 0 Å². The minimum Gasteiger partial charge on any atom is -0.459 e. The third kappa shape index (κ3) is 10.6. The van der Waals surface area contributed by atoms with Gasteiger partial charge < -0.3 is 43.7 Å². The molecule has 0 saturated carbocycles. The number of carbonyl (C=O) groups excluding carboxylic acids is 2. The molecule has 12 nitrogen and oxygen atoms in total. The summed E-state index contributed by atoms with van der Waals surface area (Å²) in [6, 6.07) is 9.77. The number of benzene rings is 1. The van der Waals surface area contributed by atoms with E-state index in [0.717, 1.165) is 22.0 Å². The smallest absolute Gasteiger partial charge is 0.316 e. The summed E-state index contributed by atoms with van der Waals surface area (Å²) in [6.45, 7) is 15.7. The number of fused-ring (bicyclic) bond motifs is 16. The Labute approximate surface area is 345 Å². The van der Waals surface area contributed by atoms with E-state index in [1.165, 1.54) is 0 Å². The van der Waals surface area contributed by atoms with Gasteiger partial charge in [0.05, 0.1) is 42.6 Å². The lowest BCUT2D eigenvalue weighted by molar-refractivity contribution is -0.297. The first-order chi connectivity index (χ1) is 27.4. The minimum atomic E-state index is -1.60. The van der Waals surface area contributed by atoms with Gasteiger partial charge in [0.25, 0.3) is 0 Å². The molecule has 4 fully saturated rings. The van der Waals surface area contributed by atoms with Crippen molar-refractivity contribution >= 4 is 28.7 Å². The summed E-state index contributed by atoms with van der Waals surface area (Å²) in [5, 5.41) is 25.1. The maximum absolute atomic E-state index is 14.5. The molecular formula is C46H69N3O9. The van der Waals surface area contributed by atoms with Gasteiger partial charge in [-0.2, -0.15) is 0 Å². The van der Waals surface area contributed by atoms with Crippen molar-refractivity contribution in [2.24, 2.45) is 17.8 Å². The monoisotopic (exact) mass is 808 g/mol. The van der Waals surface area contributed by atoms with Crippen LogP contribution < -0.4 is 0 Å². The molecule has 0 radical (unpaired) electrons. The van der Waals surface area contributed by atoms with Gasteiger partial charge in [-0.15, -0.1) is 0 Å². The molecule has 0 amide bonds. The Kier molecular flexibility index (Phi) is 15.5. The molecule has 6 rings (SSSR count). The van der Waals surface area contributed by atoms with Gasteiger partial charge in [-0.3, -0.25) is 14.6 Å². The number of allylic oxidation sites excluding steroid dienone is 2. The molecule has 5 heterocycles. The van der Waals surface area contributed by atoms with Crippen molar-refractivity contribution in [1.82, 2.24) is 14.8 Å². The molecule has 4 aliphatic heterocycles. The molecule has 0 unspecified atom stereocenters. The van der Waals surface area contributed by atoms with Crippen LogP contribution in [0.4, 0.5) is 0 Å². The lowest BCUT2D eigenvalue weighted by Crippen LogP contribution is -2.60. The highest BCUT2D eigenvalue weighted by Gasteiger charge is 2.51. The minimum absolute atomic E-state index is 0.0927. The second-order valence-corrected chi connectivity index (χ2v) is 17.9. The average Bonchev–Trinajstić information content (AvgIpc) is 3.18. The molecule has 12 heteroatoms. The molecule has 4 saturated heterocycles. The summed E-state index contributed by atoms with van der Waals surface area (Å²) in [5.41, 5.74) is 0.0242. The van der Waals surface area contributed by atoms with E-state index in [4.69, 9.17) is 23.7 Å². The molecule has 322 valence electrons. The lowest BCUT2D eigenvalue weighted by atomic mass is 9.79. The van der Waals surface area contributed by atoms with Gasteiger partial charge in [0, 0.05) is 36.1 Å². The van der Waals surface area contributed by atoms with Crippen LogP contribution in [0.3, 0.4) is 0 Å². The standard InChI is InChI=1S/C46H69N3O9/c1-12-38-46(8,53)41-28(2)25-49(11)29(3)23-45(7,55-27-34(26-54-41)18-14-13-17-33-22-35-19-15-16-20-36(35)47-24-33)42(31(5)39(50)32(6)43(52)57-38)58-44-40(51)37(48(9)10)21-30(4)56-44/h13,15-20,22,24,28-32,37-38,40-42,44,51,53H,12,14,21,23,25-27H2,1-11H3/b17-13+,34-18+/t28-,29+,30+,31-,32+,37-,38+,40+,41-,42+,44-,45+,46+/m0/s1. The summed E-state index contributed by atoms with van der Waals surface area (Å²) >= 11 is 0. The molecule has 58 heavy (non-hydrogen) atoms. The summed E-state index contributed by atoms with van der Waals surface area (Å²) in [4.78, 5) is 37.1. The third-order valence-electron chi connectivity index (χ3n) is 12.7. The Hall–Kier alpha value is -3.07. The van der Waals surface area contributed by atoms with E-state index in [9.17, 15) is 19.8 Å². The highest BCUT2D eigenvalue weighted by atomic mass is 16.7. The van der Waals surface area contributed by atoms with Gasteiger partial charge in [-0.1, -0.05) is 57.2 Å². The lowest BCUT2D eigenvalue weighted by Gasteiger charge is -2.48. The van der Waals surface area contributed by atoms with Crippen LogP contribution in [0.1, 0.15) is 86.6 Å². The number of likely N-dealkylation sites (N-methyl/N-ethyl adjacent to an activating group) is 1. The van der Waals surface area contributed by atoms with E-state index in [1.54, 1.807) is 20.8 Å². The first-order valence-corrected chi connectivity index (χ1v) is 21.1. The average molecular weight is 808 g/mol. The zero-order chi connectivity index (χ0) is 42.5. The molecule has 2 bridgehead atoms. The molecule has 0 spiro atoms. The van der Waals surface area contributed by atoms with Crippen molar-refractivity contribution in [2.45, 2.75) is 141 Å². The van der Waals surface area contributed by atoms with Crippen molar-refractivity contribution in [2.75, 3.05) is 40.9 Å². The van der Waals surface area contributed by atoms with E-state index in [1.807, 2.05) is 90.3 Å². The number of hydrogen-bond acceptors (Lipinski definition) is 12.